The van der Waals surface area contributed by atoms with Crippen LogP contribution in [0.4, 0.5) is 0 Å². The van der Waals surface area contributed by atoms with Gasteiger partial charge >= 0.3 is 0 Å². The van der Waals surface area contributed by atoms with E-state index in [-0.39, 0.29) is 5.91 Å². The van der Waals surface area contributed by atoms with Gasteiger partial charge in [-0.3, -0.25) is 9.89 Å². The van der Waals surface area contributed by atoms with E-state index in [1.165, 1.54) is 0 Å². The van der Waals surface area contributed by atoms with Gasteiger partial charge in [0.1, 0.15) is 17.2 Å². The summed E-state index contributed by atoms with van der Waals surface area (Å²) in [6.45, 7) is 2.52. The predicted octanol–water partition coefficient (Wildman–Crippen LogP) is 3.16. The van der Waals surface area contributed by atoms with Gasteiger partial charge in [-0.1, -0.05) is 25.1 Å². The molecule has 0 radical (unpaired) electrons. The van der Waals surface area contributed by atoms with Gasteiger partial charge in [0.15, 0.2) is 4.77 Å². The Labute approximate surface area is 150 Å². The molecule has 0 aliphatic rings. The average molecular weight is 356 g/mol. The first kappa shape index (κ1) is 17.2. The molecule has 0 aliphatic carbocycles. The molecule has 1 aromatic carbocycles. The van der Waals surface area contributed by atoms with Gasteiger partial charge in [-0.15, -0.1) is 0 Å². The van der Waals surface area contributed by atoms with Crippen molar-refractivity contribution in [3.8, 4) is 0 Å². The number of aryl methyl sites for hydroxylation is 1. The molecule has 2 aromatic heterocycles. The molecule has 1 amide bonds. The molecule has 0 saturated heterocycles. The van der Waals surface area contributed by atoms with Crippen LogP contribution in [-0.4, -0.2) is 27.2 Å². The standard InChI is InChI=1S/C18H20N4O2S/c1-3-14-13(12-6-4-5-7-15(12)24-14)8-9-17(23)19-11-10-16-20-21-18(25)22(16)2/h4-9H,3,10-11H2,1-2H3,(H,19,23)(H,21,25)/b9-8+. The summed E-state index contributed by atoms with van der Waals surface area (Å²) in [5, 5.41) is 10.7. The molecule has 6 nitrogen and oxygen atoms in total. The maximum Gasteiger partial charge on any atom is 0.244 e. The summed E-state index contributed by atoms with van der Waals surface area (Å²) < 4.78 is 8.19. The summed E-state index contributed by atoms with van der Waals surface area (Å²) >= 11 is 5.06. The van der Waals surface area contributed by atoms with Crippen molar-refractivity contribution in [2.75, 3.05) is 6.54 Å². The van der Waals surface area contributed by atoms with Gasteiger partial charge in [0.05, 0.1) is 0 Å². The first-order valence-electron chi connectivity index (χ1n) is 8.16. The van der Waals surface area contributed by atoms with Gasteiger partial charge < -0.3 is 14.3 Å². The molecule has 0 spiro atoms. The van der Waals surface area contributed by atoms with Crippen LogP contribution in [0.15, 0.2) is 34.8 Å². The molecule has 3 aromatic rings. The third-order valence-corrected chi connectivity index (χ3v) is 4.42. The monoisotopic (exact) mass is 356 g/mol. The molecule has 0 fully saturated rings. The molecule has 130 valence electrons. The number of fused-ring (bicyclic) bond motifs is 1. The minimum atomic E-state index is -0.149. The number of nitrogens with zero attached hydrogens (tertiary/aromatic N) is 2. The summed E-state index contributed by atoms with van der Waals surface area (Å²) in [6.07, 6.45) is 4.74. The number of hydrogen-bond acceptors (Lipinski definition) is 4. The lowest BCUT2D eigenvalue weighted by Gasteiger charge is -2.02. The number of carbonyl (C=O) groups excluding carboxylic acids is 1. The molecular formula is C18H20N4O2S. The zero-order valence-electron chi connectivity index (χ0n) is 14.2. The zero-order chi connectivity index (χ0) is 17.8. The first-order valence-corrected chi connectivity index (χ1v) is 8.57. The molecule has 2 heterocycles. The van der Waals surface area contributed by atoms with Crippen molar-refractivity contribution in [3.05, 3.63) is 52.3 Å². The smallest absolute Gasteiger partial charge is 0.244 e. The Morgan fingerprint density at radius 1 is 1.44 bits per heavy atom. The summed E-state index contributed by atoms with van der Waals surface area (Å²) in [5.41, 5.74) is 1.80. The fourth-order valence-corrected chi connectivity index (χ4v) is 2.83. The van der Waals surface area contributed by atoms with Gasteiger partial charge in [0.2, 0.25) is 5.91 Å². The quantitative estimate of drug-likeness (QED) is 0.525. The highest BCUT2D eigenvalue weighted by atomic mass is 32.1. The third kappa shape index (κ3) is 3.71. The second-order valence-corrected chi connectivity index (χ2v) is 6.05. The van der Waals surface area contributed by atoms with Crippen molar-refractivity contribution in [1.82, 2.24) is 20.1 Å². The van der Waals surface area contributed by atoms with Crippen LogP contribution in [0.3, 0.4) is 0 Å². The fraction of sp³-hybridized carbons (Fsp3) is 0.278. The van der Waals surface area contributed by atoms with E-state index in [0.717, 1.165) is 34.5 Å². The lowest BCUT2D eigenvalue weighted by molar-refractivity contribution is -0.116. The summed E-state index contributed by atoms with van der Waals surface area (Å²) in [4.78, 5) is 12.1. The van der Waals surface area contributed by atoms with E-state index in [9.17, 15) is 4.79 Å². The first-order chi connectivity index (χ1) is 12.1. The third-order valence-electron chi connectivity index (χ3n) is 4.05. The van der Waals surface area contributed by atoms with Crippen molar-refractivity contribution in [2.24, 2.45) is 7.05 Å². The number of furan rings is 1. The number of aromatic nitrogens is 3. The highest BCUT2D eigenvalue weighted by molar-refractivity contribution is 7.71. The van der Waals surface area contributed by atoms with Gasteiger partial charge in [-0.25, -0.2) is 0 Å². The van der Waals surface area contributed by atoms with E-state index in [1.54, 1.807) is 10.6 Å². The minimum Gasteiger partial charge on any atom is -0.460 e. The summed E-state index contributed by atoms with van der Waals surface area (Å²) in [5.74, 6) is 1.54. The number of carbonyl (C=O) groups is 1. The predicted molar refractivity (Wildman–Crippen MR) is 99.7 cm³/mol. The second kappa shape index (κ2) is 7.48. The number of aromatic amines is 1. The van der Waals surface area contributed by atoms with E-state index in [1.807, 2.05) is 44.3 Å². The Morgan fingerprint density at radius 2 is 2.24 bits per heavy atom. The Morgan fingerprint density at radius 3 is 2.96 bits per heavy atom. The van der Waals surface area contributed by atoms with Crippen LogP contribution in [0.2, 0.25) is 0 Å². The van der Waals surface area contributed by atoms with Crippen molar-refractivity contribution in [2.45, 2.75) is 19.8 Å². The lowest BCUT2D eigenvalue weighted by Crippen LogP contribution is -2.24. The van der Waals surface area contributed by atoms with E-state index >= 15 is 0 Å². The highest BCUT2D eigenvalue weighted by Crippen LogP contribution is 2.27. The number of para-hydroxylation sites is 1. The Kier molecular flexibility index (Phi) is 5.14. The zero-order valence-corrected chi connectivity index (χ0v) is 15.0. The number of nitrogens with one attached hydrogen (secondary N) is 2. The molecule has 25 heavy (non-hydrogen) atoms. The maximum atomic E-state index is 12.1. The molecule has 0 bridgehead atoms. The van der Waals surface area contributed by atoms with Crippen LogP contribution >= 0.6 is 12.2 Å². The lowest BCUT2D eigenvalue weighted by atomic mass is 10.1. The number of hydrogen-bond donors (Lipinski definition) is 2. The van der Waals surface area contributed by atoms with Gasteiger partial charge in [0, 0.05) is 43.5 Å². The molecule has 7 heteroatoms. The van der Waals surface area contributed by atoms with E-state index in [2.05, 4.69) is 15.5 Å². The normalized spacial score (nSPS) is 11.4. The van der Waals surface area contributed by atoms with Gasteiger partial charge in [-0.2, -0.15) is 5.10 Å². The summed E-state index contributed by atoms with van der Waals surface area (Å²) in [6, 6.07) is 7.84. The SMILES string of the molecule is CCc1oc2ccccc2c1/C=C/C(=O)NCCc1n[nH]c(=S)n1C. The van der Waals surface area contributed by atoms with E-state index < -0.39 is 0 Å². The van der Waals surface area contributed by atoms with Crippen molar-refractivity contribution in [1.29, 1.82) is 0 Å². The minimum absolute atomic E-state index is 0.149. The van der Waals surface area contributed by atoms with Crippen LogP contribution in [0.25, 0.3) is 17.0 Å². The van der Waals surface area contributed by atoms with Crippen molar-refractivity contribution in [3.63, 3.8) is 0 Å². The number of benzene rings is 1. The Balaban J connectivity index is 1.65. The average Bonchev–Trinajstić information content (AvgIpc) is 3.14. The second-order valence-electron chi connectivity index (χ2n) is 5.67. The van der Waals surface area contributed by atoms with E-state index in [0.29, 0.717) is 17.7 Å². The number of rotatable bonds is 6. The van der Waals surface area contributed by atoms with Crippen molar-refractivity contribution < 1.29 is 9.21 Å². The molecule has 0 atom stereocenters. The van der Waals surface area contributed by atoms with E-state index in [4.69, 9.17) is 16.6 Å². The summed E-state index contributed by atoms with van der Waals surface area (Å²) in [7, 11) is 1.85. The van der Waals surface area contributed by atoms with Gasteiger partial charge in [0.25, 0.3) is 0 Å². The number of amides is 1. The molecule has 2 N–H and O–H groups in total. The maximum absolute atomic E-state index is 12.1. The van der Waals surface area contributed by atoms with Crippen LogP contribution < -0.4 is 5.32 Å². The molecule has 0 aliphatic heterocycles. The highest BCUT2D eigenvalue weighted by Gasteiger charge is 2.10. The fourth-order valence-electron chi connectivity index (χ4n) is 2.68. The molecule has 3 rings (SSSR count). The topological polar surface area (TPSA) is 75.8 Å². The van der Waals surface area contributed by atoms with Crippen LogP contribution in [0.1, 0.15) is 24.1 Å². The van der Waals surface area contributed by atoms with Crippen LogP contribution in [-0.2, 0) is 24.7 Å². The Bertz CT molecular complexity index is 981. The van der Waals surface area contributed by atoms with Crippen molar-refractivity contribution >= 4 is 35.2 Å². The van der Waals surface area contributed by atoms with Gasteiger partial charge in [-0.05, 0) is 24.4 Å². The largest absolute Gasteiger partial charge is 0.460 e. The number of H-pyrrole nitrogens is 1. The van der Waals surface area contributed by atoms with Crippen LogP contribution in [0, 0.1) is 4.77 Å². The Hall–Kier alpha value is -2.67. The van der Waals surface area contributed by atoms with Crippen LogP contribution in [0.5, 0.6) is 0 Å². The molecular weight excluding hydrogens is 336 g/mol. The molecule has 0 unspecified atom stereocenters. The molecule has 0 saturated carbocycles.